The molecule has 3 N–H and O–H groups in total. The summed E-state index contributed by atoms with van der Waals surface area (Å²) in [6.07, 6.45) is 1.05. The Morgan fingerprint density at radius 1 is 1.21 bits per heavy atom. The van der Waals surface area contributed by atoms with Crippen molar-refractivity contribution in [3.05, 3.63) is 69.4 Å². The number of carbonyl (C=O) groups excluding carboxylic acids is 1. The van der Waals surface area contributed by atoms with Crippen molar-refractivity contribution in [1.29, 1.82) is 5.26 Å². The number of benzene rings is 2. The zero-order chi connectivity index (χ0) is 20.9. The van der Waals surface area contributed by atoms with E-state index in [2.05, 4.69) is 10.6 Å². The Hall–Kier alpha value is -3.46. The highest BCUT2D eigenvalue weighted by Gasteiger charge is 2.14. The Morgan fingerprint density at radius 3 is 2.36 bits per heavy atom. The molecule has 0 aliphatic heterocycles. The molecule has 2 aromatic carbocycles. The minimum Gasteiger partial charge on any atom is -0.360 e. The first kappa shape index (κ1) is 20.8. The predicted octanol–water partition coefficient (Wildman–Crippen LogP) is 2.95. The highest BCUT2D eigenvalue weighted by atomic mass is 35.5. The maximum Gasteiger partial charge on any atom is 0.294 e. The summed E-state index contributed by atoms with van der Waals surface area (Å²) in [5.41, 5.74) is -0.284. The van der Waals surface area contributed by atoms with Crippen molar-refractivity contribution in [3.8, 4) is 6.07 Å². The molecule has 0 aliphatic rings. The second-order valence-corrected chi connectivity index (χ2v) is 7.02. The molecule has 0 fully saturated rings. The number of nitrogens with zero attached hydrogens (tertiary/aromatic N) is 2. The fourth-order valence-electron chi connectivity index (χ4n) is 1.96. The summed E-state index contributed by atoms with van der Waals surface area (Å²) in [6, 6.07) is 10.1. The van der Waals surface area contributed by atoms with E-state index in [1.54, 1.807) is 6.07 Å². The number of rotatable bonds is 6. The van der Waals surface area contributed by atoms with Gasteiger partial charge in [0.2, 0.25) is 0 Å². The van der Waals surface area contributed by atoms with E-state index in [4.69, 9.17) is 21.4 Å². The maximum atomic E-state index is 12.1. The van der Waals surface area contributed by atoms with Crippen LogP contribution >= 0.6 is 11.6 Å². The molecular weight excluding hydrogens is 412 g/mol. The van der Waals surface area contributed by atoms with Gasteiger partial charge in [0, 0.05) is 23.6 Å². The van der Waals surface area contributed by atoms with Crippen LogP contribution in [0.15, 0.2) is 59.1 Å². The third-order valence-electron chi connectivity index (χ3n) is 3.30. The second kappa shape index (κ2) is 8.49. The number of anilines is 2. The van der Waals surface area contributed by atoms with Gasteiger partial charge in [-0.1, -0.05) is 11.6 Å². The molecule has 144 valence electrons. The van der Waals surface area contributed by atoms with Crippen molar-refractivity contribution in [2.24, 2.45) is 0 Å². The molecule has 12 heteroatoms. The van der Waals surface area contributed by atoms with E-state index in [0.717, 1.165) is 24.4 Å². The van der Waals surface area contributed by atoms with Crippen LogP contribution in [-0.4, -0.2) is 23.8 Å². The summed E-state index contributed by atoms with van der Waals surface area (Å²) < 4.78 is 30.9. The summed E-state index contributed by atoms with van der Waals surface area (Å²) in [5.74, 6) is -0.807. The van der Waals surface area contributed by atoms with Crippen molar-refractivity contribution in [1.82, 2.24) is 0 Å². The molecule has 0 bridgehead atoms. The van der Waals surface area contributed by atoms with Crippen molar-refractivity contribution in [2.45, 2.75) is 4.90 Å². The smallest absolute Gasteiger partial charge is 0.294 e. The molecule has 2 aromatic rings. The van der Waals surface area contributed by atoms with Crippen molar-refractivity contribution >= 4 is 44.7 Å². The Kier molecular flexibility index (Phi) is 6.32. The molecule has 0 saturated heterocycles. The van der Waals surface area contributed by atoms with Crippen LogP contribution in [0.1, 0.15) is 0 Å². The summed E-state index contributed by atoms with van der Waals surface area (Å²) in [7, 11) is -4.36. The topological polar surface area (TPSA) is 162 Å². The first-order valence-corrected chi connectivity index (χ1v) is 9.13. The predicted molar refractivity (Wildman–Crippen MR) is 100 cm³/mol. The van der Waals surface area contributed by atoms with Crippen LogP contribution in [-0.2, 0) is 14.9 Å². The second-order valence-electron chi connectivity index (χ2n) is 5.19. The van der Waals surface area contributed by atoms with Crippen molar-refractivity contribution in [3.63, 3.8) is 0 Å². The van der Waals surface area contributed by atoms with Gasteiger partial charge in [0.25, 0.3) is 21.7 Å². The molecule has 0 heterocycles. The number of hydrogen-bond acceptors (Lipinski definition) is 7. The van der Waals surface area contributed by atoms with E-state index in [-0.39, 0.29) is 32.6 Å². The maximum absolute atomic E-state index is 12.1. The first-order chi connectivity index (χ1) is 13.1. The van der Waals surface area contributed by atoms with Crippen LogP contribution in [0.2, 0.25) is 5.02 Å². The number of nitro groups is 1. The molecule has 0 unspecified atom stereocenters. The van der Waals surface area contributed by atoms with Gasteiger partial charge < -0.3 is 10.6 Å². The number of carbonyl (C=O) groups is 1. The van der Waals surface area contributed by atoms with E-state index in [1.165, 1.54) is 24.3 Å². The van der Waals surface area contributed by atoms with E-state index >= 15 is 0 Å². The zero-order valence-electron chi connectivity index (χ0n) is 13.8. The number of nitriles is 1. The molecule has 0 aliphatic carbocycles. The van der Waals surface area contributed by atoms with E-state index in [0.29, 0.717) is 0 Å². The number of amides is 1. The van der Waals surface area contributed by atoms with Gasteiger partial charge in [0.1, 0.15) is 16.7 Å². The average Bonchev–Trinajstić information content (AvgIpc) is 2.63. The van der Waals surface area contributed by atoms with Gasteiger partial charge in [0.15, 0.2) is 0 Å². The number of hydrogen-bond donors (Lipinski definition) is 3. The molecule has 1 amide bonds. The van der Waals surface area contributed by atoms with Gasteiger partial charge in [-0.05, 0) is 36.4 Å². The Bertz CT molecular complexity index is 1110. The van der Waals surface area contributed by atoms with Gasteiger partial charge >= 0.3 is 0 Å². The number of nitrogens with one attached hydrogen (secondary N) is 2. The van der Waals surface area contributed by atoms with Gasteiger partial charge in [-0.3, -0.25) is 19.5 Å². The van der Waals surface area contributed by atoms with Crippen LogP contribution in [0, 0.1) is 21.4 Å². The minimum atomic E-state index is -4.36. The molecule has 2 rings (SSSR count). The Morgan fingerprint density at radius 2 is 1.82 bits per heavy atom. The molecule has 0 atom stereocenters. The Balaban J connectivity index is 2.14. The summed E-state index contributed by atoms with van der Waals surface area (Å²) >= 11 is 5.71. The standard InChI is InChI=1S/C16H11ClN4O6S/c17-14-6-3-12(7-15(14)21(23)24)19-9-10(8-18)16(22)20-11-1-4-13(5-2-11)28(25,26)27/h1-7,9,19H,(H,20,22)(H,25,26,27)/b10-9-. The molecule has 28 heavy (non-hydrogen) atoms. The lowest BCUT2D eigenvalue weighted by Gasteiger charge is -2.06. The fraction of sp³-hybridized carbons (Fsp3) is 0. The van der Waals surface area contributed by atoms with Crippen LogP contribution in [0.25, 0.3) is 0 Å². The van der Waals surface area contributed by atoms with Crippen LogP contribution in [0.5, 0.6) is 0 Å². The lowest BCUT2D eigenvalue weighted by molar-refractivity contribution is -0.384. The highest BCUT2D eigenvalue weighted by molar-refractivity contribution is 7.85. The largest absolute Gasteiger partial charge is 0.360 e. The molecule has 0 aromatic heterocycles. The lowest BCUT2D eigenvalue weighted by atomic mass is 10.2. The van der Waals surface area contributed by atoms with Crippen molar-refractivity contribution in [2.75, 3.05) is 10.6 Å². The number of halogens is 1. The van der Waals surface area contributed by atoms with E-state index in [9.17, 15) is 23.3 Å². The number of nitro benzene ring substituents is 1. The van der Waals surface area contributed by atoms with Gasteiger partial charge in [0.05, 0.1) is 9.82 Å². The monoisotopic (exact) mass is 422 g/mol. The van der Waals surface area contributed by atoms with Gasteiger partial charge in [-0.25, -0.2) is 0 Å². The summed E-state index contributed by atoms with van der Waals surface area (Å²) in [5, 5.41) is 24.9. The molecule has 0 saturated carbocycles. The summed E-state index contributed by atoms with van der Waals surface area (Å²) in [4.78, 5) is 22.0. The lowest BCUT2D eigenvalue weighted by Crippen LogP contribution is -2.14. The van der Waals surface area contributed by atoms with Gasteiger partial charge in [-0.2, -0.15) is 13.7 Å². The molecular formula is C16H11ClN4O6S. The van der Waals surface area contributed by atoms with Crippen molar-refractivity contribution < 1.29 is 22.7 Å². The Labute approximate surface area is 163 Å². The fourth-order valence-corrected chi connectivity index (χ4v) is 2.62. The van der Waals surface area contributed by atoms with Crippen LogP contribution in [0.3, 0.4) is 0 Å². The minimum absolute atomic E-state index is 0.0638. The van der Waals surface area contributed by atoms with E-state index in [1.807, 2.05) is 0 Å². The highest BCUT2D eigenvalue weighted by Crippen LogP contribution is 2.27. The zero-order valence-corrected chi connectivity index (χ0v) is 15.4. The normalized spacial score (nSPS) is 11.4. The van der Waals surface area contributed by atoms with Crippen LogP contribution in [0.4, 0.5) is 17.1 Å². The molecule has 0 radical (unpaired) electrons. The molecule has 0 spiro atoms. The van der Waals surface area contributed by atoms with Gasteiger partial charge in [-0.15, -0.1) is 0 Å². The SMILES string of the molecule is N#C/C(=C/Nc1ccc(Cl)c([N+](=O)[O-])c1)C(=O)Nc1ccc(S(=O)(=O)O)cc1. The first-order valence-electron chi connectivity index (χ1n) is 7.31. The van der Waals surface area contributed by atoms with E-state index < -0.39 is 20.9 Å². The molecule has 10 nitrogen and oxygen atoms in total. The third-order valence-corrected chi connectivity index (χ3v) is 4.49. The average molecular weight is 423 g/mol. The summed E-state index contributed by atoms with van der Waals surface area (Å²) in [6.45, 7) is 0. The van der Waals surface area contributed by atoms with Crippen LogP contribution < -0.4 is 10.6 Å². The quantitative estimate of drug-likeness (QED) is 0.210. The third kappa shape index (κ3) is 5.27.